The third kappa shape index (κ3) is 3.37. The van der Waals surface area contributed by atoms with Crippen LogP contribution in [-0.2, 0) is 4.79 Å². The van der Waals surface area contributed by atoms with Crippen molar-refractivity contribution in [1.29, 1.82) is 0 Å². The number of thioether (sulfide) groups is 1. The molecule has 4 nitrogen and oxygen atoms in total. The van der Waals surface area contributed by atoms with Crippen LogP contribution in [0.3, 0.4) is 0 Å². The maximum atomic E-state index is 12.9. The van der Waals surface area contributed by atoms with Gasteiger partial charge in [0, 0.05) is 17.1 Å². The van der Waals surface area contributed by atoms with Crippen LogP contribution >= 0.6 is 11.8 Å². The normalized spacial score (nSPS) is 15.4. The summed E-state index contributed by atoms with van der Waals surface area (Å²) in [7, 11) is 0. The molecule has 2 heterocycles. The van der Waals surface area contributed by atoms with E-state index in [0.717, 1.165) is 34.4 Å². The number of benzene rings is 3. The first-order valence-corrected chi connectivity index (χ1v) is 10.9. The summed E-state index contributed by atoms with van der Waals surface area (Å²) in [6.45, 7) is 4.09. The number of rotatable bonds is 3. The highest BCUT2D eigenvalue weighted by Gasteiger charge is 2.36. The van der Waals surface area contributed by atoms with Crippen molar-refractivity contribution >= 4 is 45.4 Å². The van der Waals surface area contributed by atoms with Gasteiger partial charge in [-0.25, -0.2) is 4.90 Å². The zero-order chi connectivity index (χ0) is 21.5. The molecule has 1 aliphatic heterocycles. The lowest BCUT2D eigenvalue weighted by atomic mass is 10.1. The minimum atomic E-state index is -0.281. The second-order valence-electron chi connectivity index (χ2n) is 7.55. The Morgan fingerprint density at radius 2 is 1.48 bits per heavy atom. The van der Waals surface area contributed by atoms with Crippen molar-refractivity contribution in [2.45, 2.75) is 13.8 Å². The van der Waals surface area contributed by atoms with Crippen molar-refractivity contribution in [3.05, 3.63) is 101 Å². The van der Waals surface area contributed by atoms with Crippen molar-refractivity contribution < 1.29 is 9.59 Å². The molecule has 0 bridgehead atoms. The lowest BCUT2D eigenvalue weighted by Crippen LogP contribution is -2.27. The van der Waals surface area contributed by atoms with Gasteiger partial charge in [-0.2, -0.15) is 0 Å². The number of aromatic nitrogens is 1. The first kappa shape index (κ1) is 19.4. The largest absolute Gasteiger partial charge is 0.318 e. The predicted molar refractivity (Wildman–Crippen MR) is 128 cm³/mol. The van der Waals surface area contributed by atoms with Gasteiger partial charge >= 0.3 is 0 Å². The lowest BCUT2D eigenvalue weighted by Gasteiger charge is -2.12. The number of nitrogens with zero attached hydrogens (tertiary/aromatic N) is 2. The van der Waals surface area contributed by atoms with E-state index in [1.165, 1.54) is 15.7 Å². The van der Waals surface area contributed by atoms with Crippen LogP contribution < -0.4 is 4.90 Å². The van der Waals surface area contributed by atoms with Crippen molar-refractivity contribution in [3.8, 4) is 5.69 Å². The highest BCUT2D eigenvalue weighted by atomic mass is 32.2. The van der Waals surface area contributed by atoms with Crippen LogP contribution in [0.4, 0.5) is 10.5 Å². The molecule has 0 radical (unpaired) electrons. The first-order chi connectivity index (χ1) is 15.0. The number of fused-ring (bicyclic) bond motifs is 1. The summed E-state index contributed by atoms with van der Waals surface area (Å²) in [5, 5.41) is 2.10. The predicted octanol–water partition coefficient (Wildman–Crippen LogP) is 6.49. The maximum Gasteiger partial charge on any atom is 0.298 e. The fourth-order valence-electron chi connectivity index (χ4n) is 4.06. The molecule has 0 unspecified atom stereocenters. The number of carbonyl (C=O) groups excluding carboxylic acids is 2. The van der Waals surface area contributed by atoms with Crippen LogP contribution in [-0.4, -0.2) is 15.7 Å². The molecule has 2 amide bonds. The molecule has 1 aliphatic rings. The smallest absolute Gasteiger partial charge is 0.298 e. The minimum Gasteiger partial charge on any atom is -0.318 e. The van der Waals surface area contributed by atoms with E-state index in [4.69, 9.17) is 0 Å². The quantitative estimate of drug-likeness (QED) is 0.353. The van der Waals surface area contributed by atoms with Crippen LogP contribution in [0.5, 0.6) is 0 Å². The average molecular weight is 425 g/mol. The fourth-order valence-corrected chi connectivity index (χ4v) is 4.89. The second kappa shape index (κ2) is 7.60. The van der Waals surface area contributed by atoms with E-state index in [2.05, 4.69) is 47.9 Å². The molecule has 0 atom stereocenters. The standard InChI is InChI=1S/C26H20N2O2S/c1-17-14-21(16-24-25(29)28(26(30)31-24)22-10-4-3-5-11-22)18(2)27(17)23-13-12-19-8-6-7-9-20(19)15-23/h3-16H,1-2H3/b24-16-. The Hall–Kier alpha value is -3.57. The van der Waals surface area contributed by atoms with Gasteiger partial charge < -0.3 is 4.57 Å². The van der Waals surface area contributed by atoms with Gasteiger partial charge in [0.25, 0.3) is 11.1 Å². The van der Waals surface area contributed by atoms with E-state index < -0.39 is 0 Å². The van der Waals surface area contributed by atoms with Gasteiger partial charge in [0.2, 0.25) is 0 Å². The van der Waals surface area contributed by atoms with Crippen LogP contribution in [0, 0.1) is 13.8 Å². The van der Waals surface area contributed by atoms with Crippen molar-refractivity contribution in [2.24, 2.45) is 0 Å². The van der Waals surface area contributed by atoms with Gasteiger partial charge in [-0.05, 0) is 78.4 Å². The molecule has 1 saturated heterocycles. The van der Waals surface area contributed by atoms with Crippen LogP contribution in [0.1, 0.15) is 17.0 Å². The van der Waals surface area contributed by atoms with Crippen LogP contribution in [0.25, 0.3) is 22.5 Å². The number of aryl methyl sites for hydroxylation is 1. The summed E-state index contributed by atoms with van der Waals surface area (Å²) in [4.78, 5) is 27.1. The number of para-hydroxylation sites is 1. The highest BCUT2D eigenvalue weighted by Crippen LogP contribution is 2.36. The molecule has 31 heavy (non-hydrogen) atoms. The summed E-state index contributed by atoms with van der Waals surface area (Å²) < 4.78 is 2.18. The van der Waals surface area contributed by atoms with Gasteiger partial charge in [0.1, 0.15) is 0 Å². The SMILES string of the molecule is Cc1cc(/C=C2\SC(=O)N(c3ccccc3)C2=O)c(C)n1-c1ccc2ccccc2c1. The summed E-state index contributed by atoms with van der Waals surface area (Å²) in [5.74, 6) is -0.281. The monoisotopic (exact) mass is 424 g/mol. The lowest BCUT2D eigenvalue weighted by molar-refractivity contribution is -0.113. The first-order valence-electron chi connectivity index (χ1n) is 10.0. The molecule has 0 saturated carbocycles. The molecule has 1 fully saturated rings. The summed E-state index contributed by atoms with van der Waals surface area (Å²) >= 11 is 0.982. The maximum absolute atomic E-state index is 12.9. The van der Waals surface area contributed by atoms with Gasteiger partial charge in [-0.3, -0.25) is 9.59 Å². The number of amides is 2. The molecule has 0 aliphatic carbocycles. The molecule has 0 spiro atoms. The Kier molecular flexibility index (Phi) is 4.75. The van der Waals surface area contributed by atoms with Gasteiger partial charge in [0.05, 0.1) is 10.6 Å². The van der Waals surface area contributed by atoms with Crippen molar-refractivity contribution in [3.63, 3.8) is 0 Å². The number of hydrogen-bond acceptors (Lipinski definition) is 3. The number of carbonyl (C=O) groups is 2. The van der Waals surface area contributed by atoms with Gasteiger partial charge in [-0.1, -0.05) is 48.5 Å². The molecule has 5 rings (SSSR count). The third-order valence-electron chi connectivity index (χ3n) is 5.56. The molecular formula is C26H20N2O2S. The summed E-state index contributed by atoms with van der Waals surface area (Å²) in [6, 6.07) is 25.8. The van der Waals surface area contributed by atoms with Gasteiger partial charge in [-0.15, -0.1) is 0 Å². The molecule has 4 aromatic rings. The van der Waals surface area contributed by atoms with E-state index in [0.29, 0.717) is 10.6 Å². The van der Waals surface area contributed by atoms with Gasteiger partial charge in [0.15, 0.2) is 0 Å². The van der Waals surface area contributed by atoms with E-state index >= 15 is 0 Å². The van der Waals surface area contributed by atoms with Crippen molar-refractivity contribution in [2.75, 3.05) is 4.90 Å². The Morgan fingerprint density at radius 1 is 0.774 bits per heavy atom. The van der Waals surface area contributed by atoms with E-state index in [1.54, 1.807) is 12.1 Å². The zero-order valence-electron chi connectivity index (χ0n) is 17.2. The topological polar surface area (TPSA) is 42.3 Å². The highest BCUT2D eigenvalue weighted by molar-refractivity contribution is 8.19. The number of hydrogen-bond donors (Lipinski definition) is 0. The van der Waals surface area contributed by atoms with Crippen LogP contribution in [0.2, 0.25) is 0 Å². The molecular weight excluding hydrogens is 404 g/mol. The Labute approximate surface area is 184 Å². The molecule has 152 valence electrons. The Morgan fingerprint density at radius 3 is 2.26 bits per heavy atom. The summed E-state index contributed by atoms with van der Waals surface area (Å²) in [6.07, 6.45) is 1.83. The zero-order valence-corrected chi connectivity index (χ0v) is 18.0. The number of imide groups is 1. The fraction of sp³-hybridized carbons (Fsp3) is 0.0769. The number of anilines is 1. The van der Waals surface area contributed by atoms with Crippen LogP contribution in [0.15, 0.2) is 83.8 Å². The average Bonchev–Trinajstić information content (AvgIpc) is 3.22. The molecule has 1 aromatic heterocycles. The molecule has 3 aromatic carbocycles. The third-order valence-corrected chi connectivity index (χ3v) is 6.43. The van der Waals surface area contributed by atoms with Crippen molar-refractivity contribution in [1.82, 2.24) is 4.57 Å². The van der Waals surface area contributed by atoms with E-state index in [1.807, 2.05) is 43.3 Å². The second-order valence-corrected chi connectivity index (χ2v) is 8.54. The van der Waals surface area contributed by atoms with E-state index in [9.17, 15) is 9.59 Å². The Bertz CT molecular complexity index is 1370. The van der Waals surface area contributed by atoms with E-state index in [-0.39, 0.29) is 11.1 Å². The molecule has 0 N–H and O–H groups in total. The Balaban J connectivity index is 1.53. The minimum absolute atomic E-state index is 0.272. The molecule has 5 heteroatoms. The summed E-state index contributed by atoms with van der Waals surface area (Å²) in [5.41, 5.74) is 4.70.